The number of hydrogen-bond donors (Lipinski definition) is 3. The van der Waals surface area contributed by atoms with Crippen LogP contribution in [-0.4, -0.2) is 29.4 Å². The topological polar surface area (TPSA) is 92.8 Å². The van der Waals surface area contributed by atoms with Gasteiger partial charge in [-0.15, -0.1) is 0 Å². The molecule has 94 valence electrons. The van der Waals surface area contributed by atoms with Crippen molar-refractivity contribution in [1.29, 1.82) is 0 Å². The summed E-state index contributed by atoms with van der Waals surface area (Å²) in [6.07, 6.45) is -4.18. The zero-order valence-corrected chi connectivity index (χ0v) is 8.85. The minimum atomic E-state index is -2.09. The number of aliphatic hydroxyl groups is 2. The van der Waals surface area contributed by atoms with Gasteiger partial charge in [0.05, 0.1) is 18.4 Å². The van der Waals surface area contributed by atoms with Crippen molar-refractivity contribution in [2.75, 3.05) is 12.8 Å². The lowest BCUT2D eigenvalue weighted by Gasteiger charge is -2.17. The molecular weight excluding hydrogens is 236 g/mol. The second kappa shape index (κ2) is 5.07. The van der Waals surface area contributed by atoms with Gasteiger partial charge in [0.1, 0.15) is 11.9 Å². The summed E-state index contributed by atoms with van der Waals surface area (Å²) in [6, 6.07) is 1.78. The van der Waals surface area contributed by atoms with E-state index in [0.29, 0.717) is 0 Å². The fraction of sp³-hybridized carbons (Fsp3) is 0.300. The maximum absolute atomic E-state index is 13.5. The summed E-state index contributed by atoms with van der Waals surface area (Å²) < 4.78 is 30.9. The van der Waals surface area contributed by atoms with Gasteiger partial charge in [0.15, 0.2) is 11.9 Å². The maximum atomic E-state index is 13.5. The molecule has 0 aliphatic rings. The van der Waals surface area contributed by atoms with E-state index in [-0.39, 0.29) is 0 Å². The second-order valence-corrected chi connectivity index (χ2v) is 3.28. The molecule has 4 N–H and O–H groups in total. The van der Waals surface area contributed by atoms with Crippen molar-refractivity contribution >= 4 is 11.7 Å². The van der Waals surface area contributed by atoms with Crippen molar-refractivity contribution in [3.63, 3.8) is 0 Å². The standard InChI is InChI=1S/C10H11F2NO4/c1-17-10(16)9(15)8(14)6-4(11)2-3-5(13)7(6)12/h2-3,8-9,14-15H,13H2,1H3. The summed E-state index contributed by atoms with van der Waals surface area (Å²) in [5.74, 6) is -3.55. The highest BCUT2D eigenvalue weighted by atomic mass is 19.1. The predicted molar refractivity (Wildman–Crippen MR) is 53.8 cm³/mol. The number of aliphatic hydroxyl groups excluding tert-OH is 2. The number of methoxy groups -OCH3 is 1. The molecule has 0 fully saturated rings. The maximum Gasteiger partial charge on any atom is 0.337 e. The fourth-order valence-corrected chi connectivity index (χ4v) is 1.26. The molecule has 0 aliphatic carbocycles. The van der Waals surface area contributed by atoms with E-state index in [1.807, 2.05) is 0 Å². The summed E-state index contributed by atoms with van der Waals surface area (Å²) in [7, 11) is 0.963. The molecule has 0 saturated carbocycles. The van der Waals surface area contributed by atoms with Crippen LogP contribution in [0.5, 0.6) is 0 Å². The third kappa shape index (κ3) is 2.51. The number of nitrogen functional groups attached to an aromatic ring is 1. The van der Waals surface area contributed by atoms with Gasteiger partial charge in [-0.1, -0.05) is 0 Å². The zero-order valence-electron chi connectivity index (χ0n) is 8.85. The van der Waals surface area contributed by atoms with E-state index >= 15 is 0 Å². The Hall–Kier alpha value is -1.73. The van der Waals surface area contributed by atoms with Gasteiger partial charge in [0.2, 0.25) is 0 Å². The van der Waals surface area contributed by atoms with Crippen LogP contribution in [0.25, 0.3) is 0 Å². The van der Waals surface area contributed by atoms with Gasteiger partial charge in [-0.3, -0.25) is 0 Å². The van der Waals surface area contributed by atoms with Crippen LogP contribution in [-0.2, 0) is 9.53 Å². The minimum Gasteiger partial charge on any atom is -0.467 e. The van der Waals surface area contributed by atoms with Crippen molar-refractivity contribution < 1.29 is 28.5 Å². The minimum absolute atomic E-state index is 0.405. The van der Waals surface area contributed by atoms with Gasteiger partial charge in [-0.2, -0.15) is 0 Å². The van der Waals surface area contributed by atoms with Crippen LogP contribution < -0.4 is 5.73 Å². The average Bonchev–Trinajstić information content (AvgIpc) is 2.32. The van der Waals surface area contributed by atoms with Crippen molar-refractivity contribution in [1.82, 2.24) is 0 Å². The van der Waals surface area contributed by atoms with E-state index in [9.17, 15) is 23.8 Å². The summed E-state index contributed by atoms with van der Waals surface area (Å²) in [4.78, 5) is 10.9. The number of esters is 1. The molecule has 0 aromatic heterocycles. The molecule has 0 spiro atoms. The molecule has 1 aromatic carbocycles. The Morgan fingerprint density at radius 1 is 1.41 bits per heavy atom. The summed E-state index contributed by atoms with van der Waals surface area (Å²) >= 11 is 0. The Labute approximate surface area is 95.4 Å². The van der Waals surface area contributed by atoms with Crippen molar-refractivity contribution in [3.05, 3.63) is 29.3 Å². The Bertz CT molecular complexity index is 439. The number of benzene rings is 1. The molecule has 0 heterocycles. The summed E-state index contributed by atoms with van der Waals surface area (Å²) in [5, 5.41) is 18.8. The number of carbonyl (C=O) groups excluding carboxylic acids is 1. The van der Waals surface area contributed by atoms with E-state index in [1.165, 1.54) is 0 Å². The molecule has 0 bridgehead atoms. The molecule has 17 heavy (non-hydrogen) atoms. The largest absolute Gasteiger partial charge is 0.467 e. The monoisotopic (exact) mass is 247 g/mol. The quantitative estimate of drug-likeness (QED) is 0.521. The van der Waals surface area contributed by atoms with Crippen LogP contribution in [0, 0.1) is 11.6 Å². The van der Waals surface area contributed by atoms with Gasteiger partial charge in [0, 0.05) is 0 Å². The Kier molecular flexibility index (Phi) is 3.97. The third-order valence-electron chi connectivity index (χ3n) is 2.19. The number of carbonyl (C=O) groups is 1. The predicted octanol–water partition coefficient (Wildman–Crippen LogP) is 0.114. The number of nitrogens with two attached hydrogens (primary N) is 1. The lowest BCUT2D eigenvalue weighted by molar-refractivity contribution is -0.157. The Balaban J connectivity index is 3.16. The lowest BCUT2D eigenvalue weighted by Crippen LogP contribution is -2.30. The van der Waals surface area contributed by atoms with E-state index in [2.05, 4.69) is 4.74 Å². The second-order valence-electron chi connectivity index (χ2n) is 3.28. The van der Waals surface area contributed by atoms with E-state index in [0.717, 1.165) is 19.2 Å². The molecule has 1 rings (SSSR count). The first-order chi connectivity index (χ1) is 7.90. The van der Waals surface area contributed by atoms with Gasteiger partial charge in [-0.25, -0.2) is 13.6 Å². The number of anilines is 1. The van der Waals surface area contributed by atoms with Crippen molar-refractivity contribution in [2.45, 2.75) is 12.2 Å². The first-order valence-corrected chi connectivity index (χ1v) is 4.57. The zero-order chi connectivity index (χ0) is 13.2. The molecule has 0 aliphatic heterocycles. The Morgan fingerprint density at radius 2 is 2.00 bits per heavy atom. The molecular formula is C10H11F2NO4. The number of rotatable bonds is 3. The number of hydrogen-bond acceptors (Lipinski definition) is 5. The molecule has 5 nitrogen and oxygen atoms in total. The molecule has 0 amide bonds. The molecule has 2 atom stereocenters. The normalized spacial score (nSPS) is 14.2. The molecule has 0 radical (unpaired) electrons. The first kappa shape index (κ1) is 13.3. The van der Waals surface area contributed by atoms with Gasteiger partial charge in [0.25, 0.3) is 0 Å². The van der Waals surface area contributed by atoms with Gasteiger partial charge < -0.3 is 20.7 Å². The molecule has 1 aromatic rings. The first-order valence-electron chi connectivity index (χ1n) is 4.57. The lowest BCUT2D eigenvalue weighted by atomic mass is 10.0. The van der Waals surface area contributed by atoms with Crippen molar-refractivity contribution in [3.8, 4) is 0 Å². The van der Waals surface area contributed by atoms with Crippen LogP contribution in [0.15, 0.2) is 12.1 Å². The highest BCUT2D eigenvalue weighted by Gasteiger charge is 2.31. The van der Waals surface area contributed by atoms with Gasteiger partial charge >= 0.3 is 5.97 Å². The van der Waals surface area contributed by atoms with E-state index in [1.54, 1.807) is 0 Å². The molecule has 0 saturated heterocycles. The van der Waals surface area contributed by atoms with Crippen molar-refractivity contribution in [2.24, 2.45) is 0 Å². The number of ether oxygens (including phenoxy) is 1. The van der Waals surface area contributed by atoms with Gasteiger partial charge in [-0.05, 0) is 12.1 Å². The third-order valence-corrected chi connectivity index (χ3v) is 2.19. The highest BCUT2D eigenvalue weighted by molar-refractivity contribution is 5.75. The van der Waals surface area contributed by atoms with Crippen LogP contribution in [0.3, 0.4) is 0 Å². The molecule has 2 unspecified atom stereocenters. The summed E-state index contributed by atoms with van der Waals surface area (Å²) in [6.45, 7) is 0. The van der Waals surface area contributed by atoms with Crippen LogP contribution in [0.4, 0.5) is 14.5 Å². The summed E-state index contributed by atoms with van der Waals surface area (Å²) in [5.41, 5.74) is 3.91. The smallest absolute Gasteiger partial charge is 0.337 e. The number of halogens is 2. The fourth-order valence-electron chi connectivity index (χ4n) is 1.26. The van der Waals surface area contributed by atoms with Crippen LogP contribution >= 0.6 is 0 Å². The highest BCUT2D eigenvalue weighted by Crippen LogP contribution is 2.27. The van der Waals surface area contributed by atoms with E-state index in [4.69, 9.17) is 5.73 Å². The average molecular weight is 247 g/mol. The SMILES string of the molecule is COC(=O)C(O)C(O)c1c(F)ccc(N)c1F. The molecule has 7 heteroatoms. The van der Waals surface area contributed by atoms with Crippen LogP contribution in [0.2, 0.25) is 0 Å². The van der Waals surface area contributed by atoms with Crippen LogP contribution in [0.1, 0.15) is 11.7 Å². The Morgan fingerprint density at radius 3 is 2.53 bits per heavy atom. The van der Waals surface area contributed by atoms with E-state index < -0.39 is 41.1 Å².